The Bertz CT molecular complexity index is 626. The maximum atomic E-state index is 12.1. The van der Waals surface area contributed by atoms with Gasteiger partial charge < -0.3 is 5.32 Å². The van der Waals surface area contributed by atoms with Crippen LogP contribution in [0.1, 0.15) is 19.0 Å². The molecule has 0 spiro atoms. The number of carbonyl (C=O) groups is 1. The molecule has 0 fully saturated rings. The Hall–Kier alpha value is -2.28. The first kappa shape index (κ1) is 15.1. The van der Waals surface area contributed by atoms with E-state index in [1.165, 1.54) is 16.2 Å². The molecule has 0 radical (unpaired) electrons. The molecular formula is C14H17N5OS. The van der Waals surface area contributed by atoms with Crippen LogP contribution in [0.4, 0.5) is 9.80 Å². The van der Waals surface area contributed by atoms with E-state index in [0.717, 1.165) is 23.3 Å². The van der Waals surface area contributed by atoms with Gasteiger partial charge in [-0.3, -0.25) is 10.4 Å². The van der Waals surface area contributed by atoms with E-state index in [1.54, 1.807) is 12.4 Å². The summed E-state index contributed by atoms with van der Waals surface area (Å²) in [5.74, 6) is 0. The van der Waals surface area contributed by atoms with Crippen LogP contribution >= 0.6 is 11.3 Å². The molecule has 7 heteroatoms. The number of amides is 2. The minimum Gasteiger partial charge on any atom is -0.337 e. The fourth-order valence-corrected chi connectivity index (χ4v) is 2.78. The average Bonchev–Trinajstić information content (AvgIpc) is 2.89. The number of anilines is 1. The van der Waals surface area contributed by atoms with Crippen LogP contribution in [0.5, 0.6) is 0 Å². The van der Waals surface area contributed by atoms with Gasteiger partial charge in [0.05, 0.1) is 12.0 Å². The molecule has 6 nitrogen and oxygen atoms in total. The van der Waals surface area contributed by atoms with Crippen LogP contribution in [0.25, 0.3) is 10.6 Å². The Labute approximate surface area is 127 Å². The monoisotopic (exact) mass is 303 g/mol. The average molecular weight is 303 g/mol. The number of aryl methyl sites for hydroxylation is 1. The molecule has 2 amide bonds. The second-order valence-corrected chi connectivity index (χ2v) is 5.36. The van der Waals surface area contributed by atoms with Gasteiger partial charge in [-0.05, 0) is 25.5 Å². The van der Waals surface area contributed by atoms with Gasteiger partial charge in [-0.15, -0.1) is 0 Å². The van der Waals surface area contributed by atoms with E-state index in [-0.39, 0.29) is 6.03 Å². The van der Waals surface area contributed by atoms with Crippen molar-refractivity contribution in [2.75, 3.05) is 11.4 Å². The second kappa shape index (κ2) is 6.94. The van der Waals surface area contributed by atoms with Gasteiger partial charge in [-0.2, -0.15) is 0 Å². The van der Waals surface area contributed by atoms with Crippen molar-refractivity contribution in [3.8, 4) is 10.6 Å². The van der Waals surface area contributed by atoms with Crippen molar-refractivity contribution in [2.45, 2.75) is 20.3 Å². The largest absolute Gasteiger partial charge is 0.337 e. The second-order valence-electron chi connectivity index (χ2n) is 4.38. The lowest BCUT2D eigenvalue weighted by Crippen LogP contribution is -2.39. The third-order valence-corrected chi connectivity index (χ3v) is 3.98. The number of thiazole rings is 1. The topological polar surface area (TPSA) is 82.0 Å². The first-order valence-electron chi connectivity index (χ1n) is 6.62. The highest BCUT2D eigenvalue weighted by Gasteiger charge is 2.19. The molecule has 0 unspecified atom stereocenters. The SMILES string of the molecule is CCCNC(=O)N(C=N)c1sc(-c2cccnc2)nc1C. The quantitative estimate of drug-likeness (QED) is 0.658. The number of hydrogen-bond acceptors (Lipinski definition) is 5. The standard InChI is InChI=1S/C14H17N5OS/c1-3-6-17-14(20)19(9-15)13-10(2)18-12(21-13)11-5-4-7-16-8-11/h4-5,7-9,15H,3,6H2,1-2H3,(H,17,20). The van der Waals surface area contributed by atoms with Gasteiger partial charge in [-0.25, -0.2) is 14.7 Å². The molecule has 0 aliphatic heterocycles. The highest BCUT2D eigenvalue weighted by Crippen LogP contribution is 2.33. The van der Waals surface area contributed by atoms with Crippen molar-refractivity contribution < 1.29 is 4.79 Å². The normalized spacial score (nSPS) is 10.2. The number of nitrogens with one attached hydrogen (secondary N) is 2. The summed E-state index contributed by atoms with van der Waals surface area (Å²) in [7, 11) is 0. The van der Waals surface area contributed by atoms with Crippen LogP contribution in [0.15, 0.2) is 24.5 Å². The predicted molar refractivity (Wildman–Crippen MR) is 85.0 cm³/mol. The molecule has 0 atom stereocenters. The first-order chi connectivity index (χ1) is 10.2. The molecular weight excluding hydrogens is 286 g/mol. The lowest BCUT2D eigenvalue weighted by Gasteiger charge is -2.15. The predicted octanol–water partition coefficient (Wildman–Crippen LogP) is 3.05. The van der Waals surface area contributed by atoms with Crippen molar-refractivity contribution in [3.05, 3.63) is 30.2 Å². The Morgan fingerprint density at radius 3 is 3.00 bits per heavy atom. The lowest BCUT2D eigenvalue weighted by atomic mass is 10.3. The van der Waals surface area contributed by atoms with Gasteiger partial charge in [0.15, 0.2) is 0 Å². The number of carbonyl (C=O) groups excluding carboxylic acids is 1. The van der Waals surface area contributed by atoms with Crippen LogP contribution < -0.4 is 10.2 Å². The van der Waals surface area contributed by atoms with Gasteiger partial charge >= 0.3 is 6.03 Å². The van der Waals surface area contributed by atoms with Crippen molar-refractivity contribution in [2.24, 2.45) is 0 Å². The van der Waals surface area contributed by atoms with Crippen molar-refractivity contribution in [1.82, 2.24) is 15.3 Å². The molecule has 0 aliphatic carbocycles. The van der Waals surface area contributed by atoms with Gasteiger partial charge in [0.25, 0.3) is 0 Å². The van der Waals surface area contributed by atoms with E-state index in [9.17, 15) is 4.79 Å². The van der Waals surface area contributed by atoms with Gasteiger partial charge in [-0.1, -0.05) is 18.3 Å². The Balaban J connectivity index is 2.29. The van der Waals surface area contributed by atoms with Crippen molar-refractivity contribution >= 4 is 28.7 Å². The Morgan fingerprint density at radius 1 is 1.57 bits per heavy atom. The molecule has 110 valence electrons. The molecule has 0 saturated heterocycles. The summed E-state index contributed by atoms with van der Waals surface area (Å²) in [6, 6.07) is 3.45. The molecule has 0 aliphatic rings. The van der Waals surface area contributed by atoms with Gasteiger partial charge in [0, 0.05) is 24.5 Å². The summed E-state index contributed by atoms with van der Waals surface area (Å²) < 4.78 is 0. The van der Waals surface area contributed by atoms with Gasteiger partial charge in [0.1, 0.15) is 10.0 Å². The zero-order valence-corrected chi connectivity index (χ0v) is 12.8. The molecule has 0 saturated carbocycles. The fraction of sp³-hybridized carbons (Fsp3) is 0.286. The number of urea groups is 1. The molecule has 2 heterocycles. The van der Waals surface area contributed by atoms with Crippen LogP contribution in [-0.2, 0) is 0 Å². The third-order valence-electron chi connectivity index (χ3n) is 2.77. The summed E-state index contributed by atoms with van der Waals surface area (Å²) in [6.07, 6.45) is 5.29. The van der Waals surface area contributed by atoms with E-state index in [4.69, 9.17) is 5.41 Å². The fourth-order valence-electron chi connectivity index (χ4n) is 1.75. The molecule has 2 aromatic heterocycles. The van der Waals surface area contributed by atoms with Crippen molar-refractivity contribution in [3.63, 3.8) is 0 Å². The molecule has 0 bridgehead atoms. The number of pyridine rings is 1. The van der Waals surface area contributed by atoms with Crippen LogP contribution in [0, 0.1) is 12.3 Å². The van der Waals surface area contributed by atoms with Crippen molar-refractivity contribution in [1.29, 1.82) is 5.41 Å². The molecule has 21 heavy (non-hydrogen) atoms. The molecule has 2 N–H and O–H groups in total. The zero-order chi connectivity index (χ0) is 15.2. The summed E-state index contributed by atoms with van der Waals surface area (Å²) >= 11 is 1.37. The summed E-state index contributed by atoms with van der Waals surface area (Å²) in [4.78, 5) is 21.9. The third kappa shape index (κ3) is 3.43. The number of nitrogens with zero attached hydrogens (tertiary/aromatic N) is 3. The highest BCUT2D eigenvalue weighted by molar-refractivity contribution is 7.19. The Kier molecular flexibility index (Phi) is 4.99. The van der Waals surface area contributed by atoms with Gasteiger partial charge in [0.2, 0.25) is 0 Å². The van der Waals surface area contributed by atoms with E-state index in [1.807, 2.05) is 26.0 Å². The molecule has 0 aromatic carbocycles. The van der Waals surface area contributed by atoms with Crippen LogP contribution in [-0.4, -0.2) is 28.9 Å². The Morgan fingerprint density at radius 2 is 2.38 bits per heavy atom. The van der Waals surface area contributed by atoms with E-state index >= 15 is 0 Å². The molecule has 2 rings (SSSR count). The summed E-state index contributed by atoms with van der Waals surface area (Å²) in [5.41, 5.74) is 1.62. The minimum atomic E-state index is -0.309. The van der Waals surface area contributed by atoms with Crippen LogP contribution in [0.2, 0.25) is 0 Å². The zero-order valence-electron chi connectivity index (χ0n) is 12.0. The number of aromatic nitrogens is 2. The summed E-state index contributed by atoms with van der Waals surface area (Å²) in [5, 5.41) is 11.7. The maximum Gasteiger partial charge on any atom is 0.327 e. The summed E-state index contributed by atoms with van der Waals surface area (Å²) in [6.45, 7) is 4.39. The van der Waals surface area contributed by atoms with E-state index < -0.39 is 0 Å². The number of hydrogen-bond donors (Lipinski definition) is 2. The molecule has 2 aromatic rings. The van der Waals surface area contributed by atoms with E-state index in [2.05, 4.69) is 15.3 Å². The minimum absolute atomic E-state index is 0.309. The highest BCUT2D eigenvalue weighted by atomic mass is 32.1. The van der Waals surface area contributed by atoms with E-state index in [0.29, 0.717) is 17.2 Å². The smallest absolute Gasteiger partial charge is 0.327 e. The maximum absolute atomic E-state index is 12.1. The first-order valence-corrected chi connectivity index (χ1v) is 7.44. The lowest BCUT2D eigenvalue weighted by molar-refractivity contribution is 0.249. The van der Waals surface area contributed by atoms with Crippen LogP contribution in [0.3, 0.4) is 0 Å². The number of rotatable bonds is 5.